The number of phenolic OH excluding ortho intramolecular Hbond substituents is 1. The van der Waals surface area contributed by atoms with Crippen LogP contribution in [0.15, 0.2) is 73.1 Å². The molecule has 0 aliphatic carbocycles. The lowest BCUT2D eigenvalue weighted by Gasteiger charge is -2.17. The Morgan fingerprint density at radius 1 is 1.11 bits per heavy atom. The molecule has 1 saturated heterocycles. The summed E-state index contributed by atoms with van der Waals surface area (Å²) in [6, 6.07) is 20.2. The van der Waals surface area contributed by atoms with Gasteiger partial charge in [0, 0.05) is 41.7 Å². The number of hydrogen-bond donors (Lipinski definition) is 4. The number of nitrogens with zero attached hydrogens (tertiary/aromatic N) is 3. The largest absolute Gasteiger partial charge is 0.508 e. The van der Waals surface area contributed by atoms with E-state index in [1.54, 1.807) is 24.3 Å². The molecule has 3 aromatic carbocycles. The van der Waals surface area contributed by atoms with Crippen LogP contribution in [0.25, 0.3) is 10.9 Å². The van der Waals surface area contributed by atoms with Crippen molar-refractivity contribution >= 4 is 28.5 Å². The van der Waals surface area contributed by atoms with Crippen LogP contribution in [0, 0.1) is 5.41 Å². The monoisotopic (exact) mass is 496 g/mol. The zero-order valence-corrected chi connectivity index (χ0v) is 20.2. The minimum Gasteiger partial charge on any atom is -0.508 e. The Morgan fingerprint density at radius 2 is 1.92 bits per heavy atom. The van der Waals surface area contributed by atoms with Crippen LogP contribution in [0.5, 0.6) is 5.75 Å². The fourth-order valence-electron chi connectivity index (χ4n) is 4.42. The second kappa shape index (κ2) is 10.6. The van der Waals surface area contributed by atoms with Crippen molar-refractivity contribution in [2.24, 2.45) is 5.73 Å². The number of hydrogen-bond acceptors (Lipinski definition) is 7. The molecule has 0 saturated carbocycles. The molecule has 1 fully saturated rings. The summed E-state index contributed by atoms with van der Waals surface area (Å²) in [7, 11) is 0. The average molecular weight is 497 g/mol. The van der Waals surface area contributed by atoms with E-state index in [9.17, 15) is 9.90 Å². The van der Waals surface area contributed by atoms with Crippen molar-refractivity contribution in [2.75, 3.05) is 18.4 Å². The number of carbonyl (C=O) groups is 1. The molecule has 0 bridgehead atoms. The van der Waals surface area contributed by atoms with E-state index in [1.807, 2.05) is 41.3 Å². The second-order valence-corrected chi connectivity index (χ2v) is 9.02. The fourth-order valence-corrected chi connectivity index (χ4v) is 4.42. The van der Waals surface area contributed by atoms with Crippen LogP contribution in [0.4, 0.5) is 5.82 Å². The van der Waals surface area contributed by atoms with Gasteiger partial charge in [-0.1, -0.05) is 30.3 Å². The van der Waals surface area contributed by atoms with Gasteiger partial charge in [0.1, 0.15) is 23.7 Å². The molecule has 9 heteroatoms. The summed E-state index contributed by atoms with van der Waals surface area (Å²) >= 11 is 0. The van der Waals surface area contributed by atoms with Gasteiger partial charge >= 0.3 is 0 Å². The maximum Gasteiger partial charge on any atom is 0.254 e. The van der Waals surface area contributed by atoms with Crippen LogP contribution in [-0.2, 0) is 17.9 Å². The van der Waals surface area contributed by atoms with E-state index < -0.39 is 0 Å². The van der Waals surface area contributed by atoms with E-state index in [0.717, 1.165) is 17.4 Å². The van der Waals surface area contributed by atoms with E-state index in [0.29, 0.717) is 47.7 Å². The number of aromatic nitrogens is 2. The summed E-state index contributed by atoms with van der Waals surface area (Å²) in [6.07, 6.45) is 2.26. The van der Waals surface area contributed by atoms with Crippen LogP contribution >= 0.6 is 0 Å². The minimum atomic E-state index is -0.0713. The van der Waals surface area contributed by atoms with Crippen LogP contribution in [0.3, 0.4) is 0 Å². The van der Waals surface area contributed by atoms with Crippen molar-refractivity contribution in [3.63, 3.8) is 0 Å². The molecule has 5 N–H and O–H groups in total. The molecular weight excluding hydrogens is 468 g/mol. The number of ether oxygens (including phenoxy) is 1. The Bertz CT molecular complexity index is 1440. The van der Waals surface area contributed by atoms with Crippen molar-refractivity contribution in [1.82, 2.24) is 14.9 Å². The first-order chi connectivity index (χ1) is 18.0. The molecule has 5 rings (SSSR count). The van der Waals surface area contributed by atoms with Crippen LogP contribution in [0.1, 0.15) is 33.5 Å². The molecule has 1 aliphatic heterocycles. The molecule has 0 radical (unpaired) electrons. The molecule has 2 heterocycles. The Balaban J connectivity index is 1.25. The number of aromatic hydroxyl groups is 1. The highest BCUT2D eigenvalue weighted by Crippen LogP contribution is 2.25. The number of carbonyl (C=O) groups excluding carboxylic acids is 1. The number of amides is 1. The predicted octanol–water partition coefficient (Wildman–Crippen LogP) is 3.66. The molecule has 188 valence electrons. The number of nitrogens with two attached hydrogens (primary N) is 1. The molecule has 1 atom stereocenters. The minimum absolute atomic E-state index is 0.0145. The number of fused-ring (bicyclic) bond motifs is 1. The molecule has 1 amide bonds. The normalized spacial score (nSPS) is 15.1. The van der Waals surface area contributed by atoms with Gasteiger partial charge in [0.05, 0.1) is 18.2 Å². The Kier molecular flexibility index (Phi) is 6.96. The maximum absolute atomic E-state index is 13.2. The SMILES string of the molecule is N=C(N)c1ccc(O)c(CNc2ncnc3cc(C(=O)N4CCC(OCc5ccccc5)C4)ccc23)c1. The summed E-state index contributed by atoms with van der Waals surface area (Å²) in [6.45, 7) is 2.02. The highest BCUT2D eigenvalue weighted by Gasteiger charge is 2.27. The maximum atomic E-state index is 13.2. The van der Waals surface area contributed by atoms with Gasteiger partial charge in [0.25, 0.3) is 5.91 Å². The van der Waals surface area contributed by atoms with Gasteiger partial charge in [0.15, 0.2) is 0 Å². The number of benzene rings is 3. The van der Waals surface area contributed by atoms with Gasteiger partial charge in [-0.25, -0.2) is 9.97 Å². The molecular formula is C28H28N6O3. The van der Waals surface area contributed by atoms with Gasteiger partial charge in [-0.3, -0.25) is 10.2 Å². The fraction of sp³-hybridized carbons (Fsp3) is 0.214. The van der Waals surface area contributed by atoms with E-state index in [-0.39, 0.29) is 30.1 Å². The molecule has 1 aliphatic rings. The first-order valence-corrected chi connectivity index (χ1v) is 12.1. The third kappa shape index (κ3) is 5.52. The zero-order chi connectivity index (χ0) is 25.8. The van der Waals surface area contributed by atoms with Crippen molar-refractivity contribution in [3.8, 4) is 5.75 Å². The van der Waals surface area contributed by atoms with Gasteiger partial charge in [0.2, 0.25) is 0 Å². The lowest BCUT2D eigenvalue weighted by Crippen LogP contribution is -2.30. The van der Waals surface area contributed by atoms with Gasteiger partial charge in [-0.15, -0.1) is 0 Å². The van der Waals surface area contributed by atoms with Crippen LogP contribution in [0.2, 0.25) is 0 Å². The quantitative estimate of drug-likeness (QED) is 0.216. The van der Waals surface area contributed by atoms with Gasteiger partial charge in [-0.05, 0) is 48.4 Å². The number of likely N-dealkylation sites (tertiary alicyclic amines) is 1. The summed E-state index contributed by atoms with van der Waals surface area (Å²) in [4.78, 5) is 23.7. The molecule has 1 aromatic heterocycles. The molecule has 9 nitrogen and oxygen atoms in total. The van der Waals surface area contributed by atoms with Gasteiger partial charge in [-0.2, -0.15) is 0 Å². The standard InChI is InChI=1S/C28H28N6O3/c29-26(30)19-7-9-25(35)21(12-19)14-31-27-23-8-6-20(13-24(23)32-17-33-27)28(36)34-11-10-22(15-34)37-16-18-4-2-1-3-5-18/h1-9,12-13,17,22,35H,10-11,14-16H2,(H3,29,30)(H,31,32,33). The number of amidine groups is 1. The summed E-state index contributed by atoms with van der Waals surface area (Å²) in [5.74, 6) is 0.553. The number of nitrogen functional groups attached to an aromatic ring is 1. The molecule has 4 aromatic rings. The van der Waals surface area contributed by atoms with Crippen molar-refractivity contribution in [3.05, 3.63) is 95.3 Å². The van der Waals surface area contributed by atoms with E-state index >= 15 is 0 Å². The van der Waals surface area contributed by atoms with Gasteiger partial charge < -0.3 is 25.8 Å². The molecule has 0 spiro atoms. The third-order valence-corrected chi connectivity index (χ3v) is 6.48. The summed E-state index contributed by atoms with van der Waals surface area (Å²) in [5, 5.41) is 21.8. The molecule has 37 heavy (non-hydrogen) atoms. The number of anilines is 1. The number of nitrogens with one attached hydrogen (secondary N) is 2. The highest BCUT2D eigenvalue weighted by atomic mass is 16.5. The topological polar surface area (TPSA) is 137 Å². The first-order valence-electron chi connectivity index (χ1n) is 12.1. The predicted molar refractivity (Wildman–Crippen MR) is 142 cm³/mol. The van der Waals surface area contributed by atoms with E-state index in [1.165, 1.54) is 12.4 Å². The Morgan fingerprint density at radius 3 is 2.73 bits per heavy atom. The molecule has 1 unspecified atom stereocenters. The highest BCUT2D eigenvalue weighted by molar-refractivity contribution is 6.00. The number of rotatable bonds is 8. The average Bonchev–Trinajstić information content (AvgIpc) is 3.40. The number of phenols is 1. The van der Waals surface area contributed by atoms with Crippen molar-refractivity contribution < 1.29 is 14.6 Å². The lowest BCUT2D eigenvalue weighted by molar-refractivity contribution is 0.0437. The summed E-state index contributed by atoms with van der Waals surface area (Å²) < 4.78 is 6.02. The van der Waals surface area contributed by atoms with Crippen molar-refractivity contribution in [1.29, 1.82) is 5.41 Å². The Hall–Kier alpha value is -4.50. The lowest BCUT2D eigenvalue weighted by atomic mass is 10.1. The van der Waals surface area contributed by atoms with Crippen LogP contribution in [-0.4, -0.2) is 50.9 Å². The second-order valence-electron chi connectivity index (χ2n) is 9.02. The summed E-state index contributed by atoms with van der Waals surface area (Å²) in [5.41, 5.74) is 9.00. The smallest absolute Gasteiger partial charge is 0.254 e. The Labute approximate surface area is 214 Å². The van der Waals surface area contributed by atoms with E-state index in [4.69, 9.17) is 15.9 Å². The van der Waals surface area contributed by atoms with E-state index in [2.05, 4.69) is 15.3 Å². The third-order valence-electron chi connectivity index (χ3n) is 6.48. The first kappa shape index (κ1) is 24.2. The van der Waals surface area contributed by atoms with Crippen molar-refractivity contribution in [2.45, 2.75) is 25.7 Å². The zero-order valence-electron chi connectivity index (χ0n) is 20.2. The van der Waals surface area contributed by atoms with Crippen LogP contribution < -0.4 is 11.1 Å².